The Bertz CT molecular complexity index is 300. The lowest BCUT2D eigenvalue weighted by Gasteiger charge is -2.12. The summed E-state index contributed by atoms with van der Waals surface area (Å²) in [7, 11) is 0. The van der Waals surface area contributed by atoms with E-state index in [0.29, 0.717) is 0 Å². The van der Waals surface area contributed by atoms with E-state index in [2.05, 4.69) is 0 Å². The van der Waals surface area contributed by atoms with Gasteiger partial charge in [-0.2, -0.15) is 5.26 Å². The lowest BCUT2D eigenvalue weighted by Crippen LogP contribution is -2.31. The monoisotopic (exact) mass is 211 g/mol. The number of carbonyl (C=O) groups excluding carboxylic acids is 2. The van der Waals surface area contributed by atoms with E-state index in [1.54, 1.807) is 13.8 Å². The van der Waals surface area contributed by atoms with Crippen molar-refractivity contribution >= 4 is 11.9 Å². The zero-order chi connectivity index (χ0) is 11.5. The second-order valence-electron chi connectivity index (χ2n) is 3.30. The molecule has 5 heteroatoms. The van der Waals surface area contributed by atoms with Crippen LogP contribution in [0.15, 0.2) is 0 Å². The summed E-state index contributed by atoms with van der Waals surface area (Å²) in [5, 5.41) is 8.71. The standard InChI is InChI=1S/C10H13NO4/c1-3-14-8(12)10(5-7(10)6-11)9(13)15-4-2/h7H,3-5H2,1-2H3. The largest absolute Gasteiger partial charge is 0.465 e. The fourth-order valence-electron chi connectivity index (χ4n) is 1.47. The lowest BCUT2D eigenvalue weighted by molar-refractivity contribution is -0.164. The van der Waals surface area contributed by atoms with Crippen LogP contribution in [0.3, 0.4) is 0 Å². The zero-order valence-corrected chi connectivity index (χ0v) is 8.78. The first-order chi connectivity index (χ1) is 7.13. The van der Waals surface area contributed by atoms with Crippen molar-refractivity contribution in [2.45, 2.75) is 20.3 Å². The molecule has 1 aliphatic rings. The number of nitrogens with zero attached hydrogens (tertiary/aromatic N) is 1. The molecule has 0 radical (unpaired) electrons. The molecule has 0 aromatic carbocycles. The highest BCUT2D eigenvalue weighted by molar-refractivity contribution is 6.04. The van der Waals surface area contributed by atoms with Crippen LogP contribution in [0.4, 0.5) is 0 Å². The molecule has 0 spiro atoms. The third kappa shape index (κ3) is 1.80. The summed E-state index contributed by atoms with van der Waals surface area (Å²) in [6.45, 7) is 3.69. The van der Waals surface area contributed by atoms with Gasteiger partial charge in [-0.15, -0.1) is 0 Å². The summed E-state index contributed by atoms with van der Waals surface area (Å²) in [6.07, 6.45) is 0.209. The van der Waals surface area contributed by atoms with Gasteiger partial charge in [0.1, 0.15) is 0 Å². The van der Waals surface area contributed by atoms with Crippen molar-refractivity contribution in [1.29, 1.82) is 5.26 Å². The number of hydrogen-bond acceptors (Lipinski definition) is 5. The topological polar surface area (TPSA) is 76.4 Å². The van der Waals surface area contributed by atoms with Gasteiger partial charge in [0.05, 0.1) is 25.2 Å². The van der Waals surface area contributed by atoms with Crippen LogP contribution in [0.5, 0.6) is 0 Å². The minimum atomic E-state index is -1.35. The Morgan fingerprint density at radius 1 is 1.33 bits per heavy atom. The number of carbonyl (C=O) groups is 2. The first-order valence-electron chi connectivity index (χ1n) is 4.87. The van der Waals surface area contributed by atoms with Gasteiger partial charge in [-0.1, -0.05) is 0 Å². The highest BCUT2D eigenvalue weighted by Crippen LogP contribution is 2.54. The van der Waals surface area contributed by atoms with E-state index < -0.39 is 23.3 Å². The maximum absolute atomic E-state index is 11.5. The van der Waals surface area contributed by atoms with Gasteiger partial charge in [0.25, 0.3) is 0 Å². The van der Waals surface area contributed by atoms with Crippen LogP contribution in [-0.4, -0.2) is 25.2 Å². The van der Waals surface area contributed by atoms with Crippen molar-refractivity contribution < 1.29 is 19.1 Å². The second kappa shape index (κ2) is 4.30. The number of ether oxygens (including phenoxy) is 2. The zero-order valence-electron chi connectivity index (χ0n) is 8.78. The first-order valence-corrected chi connectivity index (χ1v) is 4.87. The third-order valence-corrected chi connectivity index (χ3v) is 2.40. The Morgan fingerprint density at radius 3 is 2.07 bits per heavy atom. The predicted octanol–water partition coefficient (Wildman–Crippen LogP) is 0.642. The van der Waals surface area contributed by atoms with E-state index in [4.69, 9.17) is 14.7 Å². The molecule has 1 rings (SSSR count). The molecule has 5 nitrogen and oxygen atoms in total. The van der Waals surface area contributed by atoms with Crippen LogP contribution < -0.4 is 0 Å². The van der Waals surface area contributed by atoms with Crippen molar-refractivity contribution in [3.8, 4) is 6.07 Å². The molecule has 0 aromatic heterocycles. The fourth-order valence-corrected chi connectivity index (χ4v) is 1.47. The molecule has 82 valence electrons. The molecule has 1 fully saturated rings. The van der Waals surface area contributed by atoms with Crippen LogP contribution in [0, 0.1) is 22.7 Å². The molecule has 0 aromatic rings. The maximum Gasteiger partial charge on any atom is 0.324 e. The molecule has 0 saturated heterocycles. The number of hydrogen-bond donors (Lipinski definition) is 0. The maximum atomic E-state index is 11.5. The highest BCUT2D eigenvalue weighted by atomic mass is 16.6. The Hall–Kier alpha value is -1.57. The highest BCUT2D eigenvalue weighted by Gasteiger charge is 2.69. The van der Waals surface area contributed by atoms with E-state index in [9.17, 15) is 9.59 Å². The van der Waals surface area contributed by atoms with Gasteiger partial charge < -0.3 is 9.47 Å². The normalized spacial score (nSPS) is 21.3. The molecule has 0 N–H and O–H groups in total. The van der Waals surface area contributed by atoms with E-state index in [1.165, 1.54) is 0 Å². The van der Waals surface area contributed by atoms with E-state index in [1.807, 2.05) is 6.07 Å². The summed E-state index contributed by atoms with van der Waals surface area (Å²) < 4.78 is 9.56. The smallest absolute Gasteiger partial charge is 0.324 e. The summed E-state index contributed by atoms with van der Waals surface area (Å²) >= 11 is 0. The molecule has 15 heavy (non-hydrogen) atoms. The van der Waals surface area contributed by atoms with Crippen LogP contribution in [0.1, 0.15) is 20.3 Å². The van der Waals surface area contributed by atoms with Crippen molar-refractivity contribution in [2.75, 3.05) is 13.2 Å². The predicted molar refractivity (Wildman–Crippen MR) is 49.4 cm³/mol. The van der Waals surface area contributed by atoms with Gasteiger partial charge in [-0.05, 0) is 20.3 Å². The van der Waals surface area contributed by atoms with E-state index in [0.717, 1.165) is 0 Å². The van der Waals surface area contributed by atoms with Crippen LogP contribution in [0.2, 0.25) is 0 Å². The second-order valence-corrected chi connectivity index (χ2v) is 3.30. The van der Waals surface area contributed by atoms with Crippen LogP contribution in [-0.2, 0) is 19.1 Å². The summed E-state index contributed by atoms with van der Waals surface area (Å²) in [4.78, 5) is 23.1. The number of esters is 2. The van der Waals surface area contributed by atoms with Crippen molar-refractivity contribution in [2.24, 2.45) is 11.3 Å². The molecule has 1 unspecified atom stereocenters. The minimum absolute atomic E-state index is 0.193. The molecule has 1 aliphatic carbocycles. The Labute approximate surface area is 88.0 Å². The van der Waals surface area contributed by atoms with Crippen molar-refractivity contribution in [3.05, 3.63) is 0 Å². The molecule has 0 amide bonds. The molecular weight excluding hydrogens is 198 g/mol. The number of rotatable bonds is 4. The van der Waals surface area contributed by atoms with Crippen LogP contribution >= 0.6 is 0 Å². The molecular formula is C10H13NO4. The summed E-state index contributed by atoms with van der Waals surface area (Å²) in [5.74, 6) is -1.89. The van der Waals surface area contributed by atoms with Gasteiger partial charge in [0, 0.05) is 0 Å². The van der Waals surface area contributed by atoms with Gasteiger partial charge in [0.2, 0.25) is 0 Å². The molecule has 0 heterocycles. The van der Waals surface area contributed by atoms with Crippen molar-refractivity contribution in [1.82, 2.24) is 0 Å². The fraction of sp³-hybridized carbons (Fsp3) is 0.700. The molecule has 1 saturated carbocycles. The van der Waals surface area contributed by atoms with Crippen molar-refractivity contribution in [3.63, 3.8) is 0 Å². The van der Waals surface area contributed by atoms with Gasteiger partial charge in [-0.3, -0.25) is 9.59 Å². The third-order valence-electron chi connectivity index (χ3n) is 2.40. The number of nitriles is 1. The average molecular weight is 211 g/mol. The SMILES string of the molecule is CCOC(=O)C1(C(=O)OCC)CC1C#N. The van der Waals surface area contributed by atoms with E-state index in [-0.39, 0.29) is 19.6 Å². The summed E-state index contributed by atoms with van der Waals surface area (Å²) in [6, 6.07) is 1.91. The van der Waals surface area contributed by atoms with Gasteiger partial charge in [0.15, 0.2) is 5.41 Å². The molecule has 0 aliphatic heterocycles. The van der Waals surface area contributed by atoms with E-state index >= 15 is 0 Å². The first kappa shape index (κ1) is 11.5. The molecule has 1 atom stereocenters. The van der Waals surface area contributed by atoms with Gasteiger partial charge >= 0.3 is 11.9 Å². The Balaban J connectivity index is 2.79. The average Bonchev–Trinajstić information content (AvgIpc) is 2.94. The quantitative estimate of drug-likeness (QED) is 0.504. The Morgan fingerprint density at radius 2 is 1.80 bits per heavy atom. The molecule has 0 bridgehead atoms. The Kier molecular flexibility index (Phi) is 3.30. The van der Waals surface area contributed by atoms with Crippen LogP contribution in [0.25, 0.3) is 0 Å². The van der Waals surface area contributed by atoms with Gasteiger partial charge in [-0.25, -0.2) is 0 Å². The summed E-state index contributed by atoms with van der Waals surface area (Å²) in [5.41, 5.74) is -1.35. The minimum Gasteiger partial charge on any atom is -0.465 e. The lowest BCUT2D eigenvalue weighted by atomic mass is 10.1.